The number of anilines is 1. The molecular weight excluding hydrogens is 700 g/mol. The molecule has 10 nitrogen and oxygen atoms in total. The van der Waals surface area contributed by atoms with Crippen molar-refractivity contribution in [3.63, 3.8) is 0 Å². The van der Waals surface area contributed by atoms with Crippen LogP contribution in [0.4, 0.5) is 10.1 Å². The summed E-state index contributed by atoms with van der Waals surface area (Å²) in [6, 6.07) is 25.1. The molecule has 0 aromatic heterocycles. The van der Waals surface area contributed by atoms with Crippen LogP contribution in [-0.4, -0.2) is 83.9 Å². The molecule has 0 spiro atoms. The number of ether oxygens (including phenoxy) is 1. The van der Waals surface area contributed by atoms with Gasteiger partial charge in [-0.2, -0.15) is 0 Å². The Hall–Kier alpha value is -5.55. The number of amides is 4. The molecule has 8 rings (SSSR count). The highest BCUT2D eigenvalue weighted by atomic mass is 19.1. The number of unbranched alkanes of at least 4 members (excludes halogenated alkanes) is 2. The normalized spacial score (nSPS) is 21.4. The summed E-state index contributed by atoms with van der Waals surface area (Å²) in [6.07, 6.45) is 5.01. The Balaban J connectivity index is 0.806. The molecule has 2 saturated heterocycles. The van der Waals surface area contributed by atoms with Crippen molar-refractivity contribution >= 4 is 29.3 Å². The second-order valence-corrected chi connectivity index (χ2v) is 15.0. The molecule has 3 atom stereocenters. The number of hydrogen-bond acceptors (Lipinski definition) is 8. The van der Waals surface area contributed by atoms with Gasteiger partial charge in [0.2, 0.25) is 11.8 Å². The van der Waals surface area contributed by atoms with Gasteiger partial charge in [-0.25, -0.2) is 4.39 Å². The largest absolute Gasteiger partial charge is 0.508 e. The van der Waals surface area contributed by atoms with E-state index in [1.165, 1.54) is 17.7 Å². The number of halogens is 1. The third-order valence-electron chi connectivity index (χ3n) is 11.7. The lowest BCUT2D eigenvalue weighted by Gasteiger charge is -2.36. The number of rotatable bonds is 11. The maximum atomic E-state index is 13.8. The van der Waals surface area contributed by atoms with E-state index in [0.29, 0.717) is 17.7 Å². The molecule has 4 aromatic carbocycles. The van der Waals surface area contributed by atoms with Crippen molar-refractivity contribution in [2.75, 3.05) is 44.2 Å². The smallest absolute Gasteiger partial charge is 0.262 e. The van der Waals surface area contributed by atoms with Gasteiger partial charge in [0.1, 0.15) is 23.4 Å². The zero-order valence-corrected chi connectivity index (χ0v) is 30.7. The molecule has 55 heavy (non-hydrogen) atoms. The van der Waals surface area contributed by atoms with Crippen LogP contribution in [0.15, 0.2) is 84.9 Å². The van der Waals surface area contributed by atoms with Gasteiger partial charge in [-0.1, -0.05) is 30.3 Å². The number of aryl methyl sites for hydroxylation is 1. The fraction of sp³-hybridized carbons (Fsp3) is 0.364. The highest BCUT2D eigenvalue weighted by molar-refractivity contribution is 6.23. The first-order valence-electron chi connectivity index (χ1n) is 19.4. The molecule has 0 radical (unpaired) electrons. The first kappa shape index (κ1) is 36.4. The number of nitrogens with zero attached hydrogens (tertiary/aromatic N) is 3. The SMILES string of the molecule is O=C1CCC(N2C(=O)c3ccc(N4CCN(CCCCCOc5cccc([C@@H]6c7ccc(O)cc7CC[C@@H]6c6ccc(F)cc6)c5)CC4)cc3C2=O)C(=O)N1. The number of fused-ring (bicyclic) bond motifs is 2. The Kier molecular flexibility index (Phi) is 10.4. The molecule has 2 fully saturated rings. The van der Waals surface area contributed by atoms with Gasteiger partial charge in [0.25, 0.3) is 11.8 Å². The van der Waals surface area contributed by atoms with E-state index in [1.807, 2.05) is 42.5 Å². The maximum absolute atomic E-state index is 13.8. The fourth-order valence-electron chi connectivity index (χ4n) is 8.77. The Morgan fingerprint density at radius 2 is 1.56 bits per heavy atom. The number of phenols is 1. The van der Waals surface area contributed by atoms with Crippen LogP contribution in [-0.2, 0) is 16.0 Å². The Morgan fingerprint density at radius 1 is 0.764 bits per heavy atom. The average Bonchev–Trinajstić information content (AvgIpc) is 3.44. The third kappa shape index (κ3) is 7.58. The minimum absolute atomic E-state index is 0.0589. The van der Waals surface area contributed by atoms with Crippen molar-refractivity contribution in [1.82, 2.24) is 15.1 Å². The highest BCUT2D eigenvalue weighted by Crippen LogP contribution is 2.47. The first-order chi connectivity index (χ1) is 26.7. The van der Waals surface area contributed by atoms with Crippen molar-refractivity contribution in [2.45, 2.75) is 62.8 Å². The Labute approximate surface area is 319 Å². The van der Waals surface area contributed by atoms with E-state index in [9.17, 15) is 28.7 Å². The number of carbonyl (C=O) groups excluding carboxylic acids is 4. The third-order valence-corrected chi connectivity index (χ3v) is 11.7. The summed E-state index contributed by atoms with van der Waals surface area (Å²) in [5, 5.41) is 12.4. The predicted octanol–water partition coefficient (Wildman–Crippen LogP) is 6.17. The number of aromatic hydroxyl groups is 1. The summed E-state index contributed by atoms with van der Waals surface area (Å²) in [6.45, 7) is 4.98. The van der Waals surface area contributed by atoms with Crippen LogP contribution in [0.1, 0.15) is 93.3 Å². The number of imide groups is 2. The van der Waals surface area contributed by atoms with Gasteiger partial charge in [-0.05, 0) is 128 Å². The first-order valence-corrected chi connectivity index (χ1v) is 19.4. The van der Waals surface area contributed by atoms with Crippen LogP contribution < -0.4 is 15.0 Å². The summed E-state index contributed by atoms with van der Waals surface area (Å²) in [5.74, 6) is -0.881. The van der Waals surface area contributed by atoms with E-state index in [-0.39, 0.29) is 36.2 Å². The van der Waals surface area contributed by atoms with E-state index < -0.39 is 29.7 Å². The van der Waals surface area contributed by atoms with Crippen molar-refractivity contribution in [3.8, 4) is 11.5 Å². The van der Waals surface area contributed by atoms with Crippen LogP contribution in [0, 0.1) is 5.82 Å². The number of piperidine rings is 1. The predicted molar refractivity (Wildman–Crippen MR) is 205 cm³/mol. The molecule has 1 aliphatic carbocycles. The number of nitrogens with one attached hydrogen (secondary N) is 1. The summed E-state index contributed by atoms with van der Waals surface area (Å²) >= 11 is 0. The van der Waals surface area contributed by atoms with Gasteiger partial charge in [0.15, 0.2) is 0 Å². The zero-order chi connectivity index (χ0) is 38.1. The fourth-order valence-corrected chi connectivity index (χ4v) is 8.77. The molecule has 4 aliphatic rings. The topological polar surface area (TPSA) is 119 Å². The van der Waals surface area contributed by atoms with Crippen LogP contribution in [0.5, 0.6) is 11.5 Å². The maximum Gasteiger partial charge on any atom is 0.262 e. The lowest BCUT2D eigenvalue weighted by atomic mass is 9.69. The summed E-state index contributed by atoms with van der Waals surface area (Å²) in [5.41, 5.74) is 6.06. The highest BCUT2D eigenvalue weighted by Gasteiger charge is 2.45. The van der Waals surface area contributed by atoms with E-state index >= 15 is 0 Å². The van der Waals surface area contributed by atoms with Gasteiger partial charge in [-0.15, -0.1) is 0 Å². The number of carbonyl (C=O) groups is 4. The molecule has 3 aliphatic heterocycles. The second-order valence-electron chi connectivity index (χ2n) is 15.0. The van der Waals surface area contributed by atoms with E-state index in [2.05, 4.69) is 27.2 Å². The van der Waals surface area contributed by atoms with Crippen LogP contribution in [0.3, 0.4) is 0 Å². The van der Waals surface area contributed by atoms with Gasteiger partial charge >= 0.3 is 0 Å². The van der Waals surface area contributed by atoms with Crippen LogP contribution in [0.25, 0.3) is 0 Å². The summed E-state index contributed by atoms with van der Waals surface area (Å²) in [4.78, 5) is 56.0. The summed E-state index contributed by atoms with van der Waals surface area (Å²) < 4.78 is 20.1. The van der Waals surface area contributed by atoms with Crippen molar-refractivity contribution < 1.29 is 33.4 Å². The zero-order valence-electron chi connectivity index (χ0n) is 30.7. The molecule has 0 saturated carbocycles. The monoisotopic (exact) mass is 744 g/mol. The van der Waals surface area contributed by atoms with Gasteiger partial charge in [0, 0.05) is 44.2 Å². The molecule has 0 bridgehead atoms. The average molecular weight is 745 g/mol. The molecule has 3 heterocycles. The van der Waals surface area contributed by atoms with Gasteiger partial charge in [0.05, 0.1) is 17.7 Å². The molecule has 284 valence electrons. The minimum atomic E-state index is -0.972. The number of piperazine rings is 1. The van der Waals surface area contributed by atoms with Gasteiger partial charge in [-0.3, -0.25) is 34.3 Å². The number of hydrogen-bond donors (Lipinski definition) is 2. The Bertz CT molecular complexity index is 2110. The van der Waals surface area contributed by atoms with Crippen molar-refractivity contribution in [2.24, 2.45) is 0 Å². The van der Waals surface area contributed by atoms with Crippen LogP contribution in [0.2, 0.25) is 0 Å². The van der Waals surface area contributed by atoms with Crippen LogP contribution >= 0.6 is 0 Å². The molecule has 4 amide bonds. The molecule has 2 N–H and O–H groups in total. The van der Waals surface area contributed by atoms with Gasteiger partial charge < -0.3 is 14.7 Å². The summed E-state index contributed by atoms with van der Waals surface area (Å²) in [7, 11) is 0. The standard InChI is InChI=1S/C44H45FN4O6/c45-31-10-7-28(8-11-31)35-14-9-29-25-33(50)13-16-36(29)41(35)30-5-4-6-34(26-30)55-24-3-1-2-19-47-20-22-48(23-21-47)32-12-15-37-38(27-32)44(54)49(43(37)53)39-17-18-40(51)46-42(39)52/h4-8,10-13,15-16,25-27,35,39,41,50H,1-3,9,14,17-24H2,(H,46,51,52)/t35-,39?,41+/m1/s1. The minimum Gasteiger partial charge on any atom is -0.508 e. The van der Waals surface area contributed by atoms with Crippen molar-refractivity contribution in [3.05, 3.63) is 124 Å². The molecule has 1 unspecified atom stereocenters. The lowest BCUT2D eigenvalue weighted by molar-refractivity contribution is -0.136. The number of phenolic OH excluding ortho intramolecular Hbond substituents is 1. The Morgan fingerprint density at radius 3 is 2.36 bits per heavy atom. The molecular formula is C44H45FN4O6. The number of benzene rings is 4. The molecule has 4 aromatic rings. The quantitative estimate of drug-likeness (QED) is 0.138. The van der Waals surface area contributed by atoms with E-state index in [4.69, 9.17) is 4.74 Å². The molecule has 11 heteroatoms. The second kappa shape index (κ2) is 15.7. The van der Waals surface area contributed by atoms with Crippen molar-refractivity contribution in [1.29, 1.82) is 0 Å². The van der Waals surface area contributed by atoms with E-state index in [1.54, 1.807) is 18.2 Å². The lowest BCUT2D eigenvalue weighted by Crippen LogP contribution is -2.54. The van der Waals surface area contributed by atoms with E-state index in [0.717, 1.165) is 97.9 Å².